The molecular formula is C16H30N2O2. The molecule has 1 aliphatic carbocycles. The summed E-state index contributed by atoms with van der Waals surface area (Å²) in [6.45, 7) is 5.71. The molecule has 4 atom stereocenters. The number of hydrogen-bond acceptors (Lipinski definition) is 3. The molecule has 4 nitrogen and oxygen atoms in total. The number of piperidine rings is 1. The van der Waals surface area contributed by atoms with Crippen LogP contribution in [0.2, 0.25) is 0 Å². The van der Waals surface area contributed by atoms with Crippen molar-refractivity contribution in [2.24, 2.45) is 11.8 Å². The van der Waals surface area contributed by atoms with Crippen LogP contribution in [0.4, 0.5) is 0 Å². The highest BCUT2D eigenvalue weighted by molar-refractivity contribution is 5.81. The Morgan fingerprint density at radius 1 is 1.45 bits per heavy atom. The minimum Gasteiger partial charge on any atom is -0.388 e. The Balaban J connectivity index is 1.79. The smallest absolute Gasteiger partial charge is 0.237 e. The zero-order chi connectivity index (χ0) is 14.6. The Bertz CT molecular complexity index is 334. The van der Waals surface area contributed by atoms with Crippen LogP contribution in [0.3, 0.4) is 0 Å². The van der Waals surface area contributed by atoms with E-state index in [2.05, 4.69) is 24.5 Å². The lowest BCUT2D eigenvalue weighted by Gasteiger charge is -2.36. The lowest BCUT2D eigenvalue weighted by Crippen LogP contribution is -2.53. The van der Waals surface area contributed by atoms with Crippen molar-refractivity contribution in [3.63, 3.8) is 0 Å². The van der Waals surface area contributed by atoms with E-state index in [-0.39, 0.29) is 11.9 Å². The van der Waals surface area contributed by atoms with Gasteiger partial charge in [-0.15, -0.1) is 0 Å². The summed E-state index contributed by atoms with van der Waals surface area (Å²) < 4.78 is 0. The summed E-state index contributed by atoms with van der Waals surface area (Å²) in [4.78, 5) is 12.2. The van der Waals surface area contributed by atoms with E-state index in [1.54, 1.807) is 0 Å². The number of hydrogen-bond donors (Lipinski definition) is 3. The quantitative estimate of drug-likeness (QED) is 0.737. The topological polar surface area (TPSA) is 61.4 Å². The highest BCUT2D eigenvalue weighted by Gasteiger charge is 2.34. The van der Waals surface area contributed by atoms with Crippen molar-refractivity contribution in [3.05, 3.63) is 0 Å². The van der Waals surface area contributed by atoms with E-state index in [9.17, 15) is 9.90 Å². The molecule has 2 fully saturated rings. The van der Waals surface area contributed by atoms with E-state index in [0.717, 1.165) is 38.6 Å². The first-order valence-corrected chi connectivity index (χ1v) is 8.26. The summed E-state index contributed by atoms with van der Waals surface area (Å²) in [5.74, 6) is 1.28. The molecule has 4 unspecified atom stereocenters. The second-order valence-corrected chi connectivity index (χ2v) is 6.95. The molecule has 1 heterocycles. The molecule has 2 aliphatic rings. The van der Waals surface area contributed by atoms with Gasteiger partial charge in [-0.2, -0.15) is 0 Å². The lowest BCUT2D eigenvalue weighted by atomic mass is 9.79. The van der Waals surface area contributed by atoms with Gasteiger partial charge in [0.2, 0.25) is 5.91 Å². The predicted octanol–water partition coefficient (Wildman–Crippen LogP) is 1.82. The summed E-state index contributed by atoms with van der Waals surface area (Å²) >= 11 is 0. The molecule has 0 spiro atoms. The summed E-state index contributed by atoms with van der Waals surface area (Å²) in [5.41, 5.74) is -0.688. The maximum atomic E-state index is 12.2. The van der Waals surface area contributed by atoms with E-state index < -0.39 is 5.60 Å². The third kappa shape index (κ3) is 4.19. The van der Waals surface area contributed by atoms with E-state index >= 15 is 0 Å². The monoisotopic (exact) mass is 282 g/mol. The first-order chi connectivity index (χ1) is 9.52. The second-order valence-electron chi connectivity index (χ2n) is 6.95. The molecule has 0 aromatic heterocycles. The maximum absolute atomic E-state index is 12.2. The summed E-state index contributed by atoms with van der Waals surface area (Å²) in [6, 6.07) is -0.0710. The molecule has 1 saturated heterocycles. The normalized spacial score (nSPS) is 38.5. The average Bonchev–Trinajstić information content (AvgIpc) is 2.44. The second kappa shape index (κ2) is 6.90. The van der Waals surface area contributed by atoms with E-state index in [4.69, 9.17) is 0 Å². The zero-order valence-corrected chi connectivity index (χ0v) is 13.0. The highest BCUT2D eigenvalue weighted by Crippen LogP contribution is 2.31. The van der Waals surface area contributed by atoms with Gasteiger partial charge >= 0.3 is 0 Å². The van der Waals surface area contributed by atoms with E-state index in [1.165, 1.54) is 12.8 Å². The van der Waals surface area contributed by atoms with Gasteiger partial charge in [0.1, 0.15) is 0 Å². The molecule has 0 radical (unpaired) electrons. The van der Waals surface area contributed by atoms with Gasteiger partial charge in [0.15, 0.2) is 0 Å². The van der Waals surface area contributed by atoms with Crippen LogP contribution in [0.25, 0.3) is 0 Å². The largest absolute Gasteiger partial charge is 0.388 e. The molecule has 0 aromatic carbocycles. The fraction of sp³-hybridized carbons (Fsp3) is 0.938. The molecule has 0 bridgehead atoms. The fourth-order valence-corrected chi connectivity index (χ4v) is 3.73. The predicted molar refractivity (Wildman–Crippen MR) is 80.4 cm³/mol. The van der Waals surface area contributed by atoms with E-state index in [0.29, 0.717) is 18.4 Å². The van der Waals surface area contributed by atoms with Crippen LogP contribution in [-0.4, -0.2) is 35.7 Å². The average molecular weight is 282 g/mol. The van der Waals surface area contributed by atoms with Crippen LogP contribution in [0.15, 0.2) is 0 Å². The van der Waals surface area contributed by atoms with Gasteiger partial charge in [0.05, 0.1) is 11.6 Å². The van der Waals surface area contributed by atoms with Crippen molar-refractivity contribution in [1.82, 2.24) is 10.6 Å². The summed E-state index contributed by atoms with van der Waals surface area (Å²) in [5, 5.41) is 16.8. The number of carbonyl (C=O) groups is 1. The van der Waals surface area contributed by atoms with Crippen LogP contribution in [0, 0.1) is 11.8 Å². The molecule has 4 heteroatoms. The number of rotatable bonds is 4. The zero-order valence-electron chi connectivity index (χ0n) is 13.0. The standard InChI is InChI=1S/C16H30N2O2/c1-3-13-6-8-17-14(9-13)15(19)18-11-16(20)7-4-5-12(2)10-16/h12-14,17,20H,3-11H2,1-2H3,(H,18,19). The molecule has 1 amide bonds. The third-order valence-corrected chi connectivity index (χ3v) is 5.07. The van der Waals surface area contributed by atoms with Crippen LogP contribution < -0.4 is 10.6 Å². The van der Waals surface area contributed by atoms with Gasteiger partial charge in [-0.1, -0.05) is 33.1 Å². The first kappa shape index (κ1) is 15.8. The van der Waals surface area contributed by atoms with Crippen molar-refractivity contribution in [2.45, 2.75) is 70.4 Å². The number of aliphatic hydroxyl groups is 1. The molecular weight excluding hydrogens is 252 g/mol. The number of carbonyl (C=O) groups excluding carboxylic acids is 1. The molecule has 0 aromatic rings. The molecule has 2 rings (SSSR count). The number of amides is 1. The molecule has 116 valence electrons. The molecule has 1 aliphatic heterocycles. The van der Waals surface area contributed by atoms with Crippen LogP contribution >= 0.6 is 0 Å². The van der Waals surface area contributed by atoms with E-state index in [1.807, 2.05) is 0 Å². The van der Waals surface area contributed by atoms with Crippen molar-refractivity contribution in [1.29, 1.82) is 0 Å². The lowest BCUT2D eigenvalue weighted by molar-refractivity contribution is -0.126. The van der Waals surface area contributed by atoms with Gasteiger partial charge in [-0.3, -0.25) is 4.79 Å². The van der Waals surface area contributed by atoms with Crippen LogP contribution in [0.5, 0.6) is 0 Å². The van der Waals surface area contributed by atoms with Gasteiger partial charge < -0.3 is 15.7 Å². The Kier molecular flexibility index (Phi) is 5.44. The van der Waals surface area contributed by atoms with Gasteiger partial charge in [-0.25, -0.2) is 0 Å². The Morgan fingerprint density at radius 3 is 2.95 bits per heavy atom. The van der Waals surface area contributed by atoms with Gasteiger partial charge in [0, 0.05) is 6.54 Å². The first-order valence-electron chi connectivity index (χ1n) is 8.26. The minimum atomic E-state index is -0.688. The fourth-order valence-electron chi connectivity index (χ4n) is 3.73. The Morgan fingerprint density at radius 2 is 2.25 bits per heavy atom. The van der Waals surface area contributed by atoms with Gasteiger partial charge in [-0.05, 0) is 44.1 Å². The Hall–Kier alpha value is -0.610. The summed E-state index contributed by atoms with van der Waals surface area (Å²) in [6.07, 6.45) is 7.12. The molecule has 3 N–H and O–H groups in total. The van der Waals surface area contributed by atoms with Crippen LogP contribution in [0.1, 0.15) is 58.8 Å². The number of nitrogens with one attached hydrogen (secondary N) is 2. The van der Waals surface area contributed by atoms with Crippen LogP contribution in [-0.2, 0) is 4.79 Å². The Labute approximate surface area is 122 Å². The third-order valence-electron chi connectivity index (χ3n) is 5.07. The minimum absolute atomic E-state index is 0.0646. The summed E-state index contributed by atoms with van der Waals surface area (Å²) in [7, 11) is 0. The molecule has 1 saturated carbocycles. The molecule has 20 heavy (non-hydrogen) atoms. The van der Waals surface area contributed by atoms with Crippen molar-refractivity contribution >= 4 is 5.91 Å². The SMILES string of the molecule is CCC1CCNC(C(=O)NCC2(O)CCCC(C)C2)C1. The van der Waals surface area contributed by atoms with Crippen molar-refractivity contribution in [2.75, 3.05) is 13.1 Å². The van der Waals surface area contributed by atoms with Crippen molar-refractivity contribution < 1.29 is 9.90 Å². The van der Waals surface area contributed by atoms with Gasteiger partial charge in [0.25, 0.3) is 0 Å². The maximum Gasteiger partial charge on any atom is 0.237 e. The highest BCUT2D eigenvalue weighted by atomic mass is 16.3. The van der Waals surface area contributed by atoms with Crippen molar-refractivity contribution in [3.8, 4) is 0 Å².